The molecule has 3 rings (SSSR count). The monoisotopic (exact) mass is 275 g/mol. The molecule has 1 N–H and O–H groups in total. The molecule has 1 aromatic rings. The van der Waals surface area contributed by atoms with Crippen LogP contribution in [0.1, 0.15) is 70.3 Å². The minimum absolute atomic E-state index is 0.678. The van der Waals surface area contributed by atoms with Crippen LogP contribution in [0, 0.1) is 17.8 Å². The van der Waals surface area contributed by atoms with Crippen LogP contribution in [-0.4, -0.2) is 6.04 Å². The number of hydrogen-bond acceptors (Lipinski definition) is 2. The van der Waals surface area contributed by atoms with E-state index in [2.05, 4.69) is 38.2 Å². The van der Waals surface area contributed by atoms with Gasteiger partial charge in [-0.05, 0) is 49.1 Å². The van der Waals surface area contributed by atoms with Crippen LogP contribution in [0.2, 0.25) is 0 Å². The maximum atomic E-state index is 6.00. The Morgan fingerprint density at radius 1 is 1.25 bits per heavy atom. The molecule has 0 bridgehead atoms. The zero-order chi connectivity index (χ0) is 14.1. The predicted octanol–water partition coefficient (Wildman–Crippen LogP) is 4.71. The van der Waals surface area contributed by atoms with E-state index in [1.807, 2.05) is 0 Å². The van der Waals surface area contributed by atoms with Crippen LogP contribution in [0.15, 0.2) is 16.5 Å². The summed E-state index contributed by atoms with van der Waals surface area (Å²) in [5, 5.41) is 3.76. The summed E-state index contributed by atoms with van der Waals surface area (Å²) in [5.74, 6) is 5.46. The Labute approximate surface area is 123 Å². The maximum Gasteiger partial charge on any atom is 0.117 e. The summed E-state index contributed by atoms with van der Waals surface area (Å²) < 4.78 is 6.00. The van der Waals surface area contributed by atoms with E-state index < -0.39 is 0 Å². The van der Waals surface area contributed by atoms with Crippen LogP contribution in [-0.2, 0) is 6.54 Å². The average Bonchev–Trinajstić information content (AvgIpc) is 3.00. The van der Waals surface area contributed by atoms with Crippen molar-refractivity contribution in [1.29, 1.82) is 0 Å². The van der Waals surface area contributed by atoms with Gasteiger partial charge in [0, 0.05) is 12.0 Å². The fraction of sp³-hybridized carbons (Fsp3) is 0.778. The Hall–Kier alpha value is -0.760. The molecule has 112 valence electrons. The van der Waals surface area contributed by atoms with E-state index in [1.54, 1.807) is 0 Å². The van der Waals surface area contributed by atoms with Crippen molar-refractivity contribution >= 4 is 0 Å². The zero-order valence-corrected chi connectivity index (χ0v) is 13.2. The van der Waals surface area contributed by atoms with Gasteiger partial charge in [0.25, 0.3) is 0 Å². The van der Waals surface area contributed by atoms with Gasteiger partial charge in [0.2, 0.25) is 0 Å². The van der Waals surface area contributed by atoms with Gasteiger partial charge in [0.05, 0.1) is 6.54 Å². The molecule has 20 heavy (non-hydrogen) atoms. The normalized spacial score (nSPS) is 33.6. The highest BCUT2D eigenvalue weighted by Crippen LogP contribution is 2.47. The molecule has 4 unspecified atom stereocenters. The second-order valence-electron chi connectivity index (χ2n) is 7.30. The molecular formula is C18H29NO. The fourth-order valence-electron chi connectivity index (χ4n) is 3.85. The molecule has 2 aliphatic rings. The molecule has 1 aromatic heterocycles. The molecule has 2 fully saturated rings. The molecule has 0 aromatic carbocycles. The Balaban J connectivity index is 1.54. The summed E-state index contributed by atoms with van der Waals surface area (Å²) in [6.45, 7) is 7.93. The first-order chi connectivity index (χ1) is 9.65. The molecule has 0 aliphatic heterocycles. The van der Waals surface area contributed by atoms with E-state index in [0.29, 0.717) is 12.0 Å². The zero-order valence-electron chi connectivity index (χ0n) is 13.2. The second-order valence-corrected chi connectivity index (χ2v) is 7.30. The summed E-state index contributed by atoms with van der Waals surface area (Å²) >= 11 is 0. The summed E-state index contributed by atoms with van der Waals surface area (Å²) in [6.07, 6.45) is 6.81. The predicted molar refractivity (Wildman–Crippen MR) is 82.7 cm³/mol. The Morgan fingerprint density at radius 2 is 2.00 bits per heavy atom. The molecule has 0 saturated heterocycles. The Kier molecular flexibility index (Phi) is 4.21. The summed E-state index contributed by atoms with van der Waals surface area (Å²) in [4.78, 5) is 0. The van der Waals surface area contributed by atoms with Crippen LogP contribution >= 0.6 is 0 Å². The van der Waals surface area contributed by atoms with Crippen LogP contribution in [0.5, 0.6) is 0 Å². The quantitative estimate of drug-likeness (QED) is 0.842. The smallest absolute Gasteiger partial charge is 0.117 e. The maximum absolute atomic E-state index is 6.00. The highest BCUT2D eigenvalue weighted by atomic mass is 16.3. The molecule has 2 aliphatic carbocycles. The van der Waals surface area contributed by atoms with Crippen molar-refractivity contribution in [1.82, 2.24) is 5.32 Å². The Morgan fingerprint density at radius 3 is 2.70 bits per heavy atom. The minimum Gasteiger partial charge on any atom is -0.464 e. The van der Waals surface area contributed by atoms with Crippen molar-refractivity contribution in [3.63, 3.8) is 0 Å². The molecule has 4 atom stereocenters. The van der Waals surface area contributed by atoms with Gasteiger partial charge in [-0.15, -0.1) is 0 Å². The van der Waals surface area contributed by atoms with Crippen molar-refractivity contribution in [2.75, 3.05) is 0 Å². The van der Waals surface area contributed by atoms with Gasteiger partial charge < -0.3 is 9.73 Å². The fourth-order valence-corrected chi connectivity index (χ4v) is 3.85. The Bertz CT molecular complexity index is 436. The van der Waals surface area contributed by atoms with Crippen LogP contribution in [0.3, 0.4) is 0 Å². The lowest BCUT2D eigenvalue weighted by molar-refractivity contribution is 0.201. The van der Waals surface area contributed by atoms with Gasteiger partial charge in [-0.3, -0.25) is 0 Å². The average molecular weight is 275 g/mol. The van der Waals surface area contributed by atoms with E-state index in [-0.39, 0.29) is 0 Å². The van der Waals surface area contributed by atoms with E-state index in [4.69, 9.17) is 4.42 Å². The summed E-state index contributed by atoms with van der Waals surface area (Å²) in [6, 6.07) is 5.03. The molecule has 1 heterocycles. The number of nitrogens with one attached hydrogen (secondary N) is 1. The minimum atomic E-state index is 0.678. The van der Waals surface area contributed by atoms with Gasteiger partial charge >= 0.3 is 0 Å². The third kappa shape index (κ3) is 3.11. The second kappa shape index (κ2) is 5.93. The standard InChI is InChI=1S/C18H29NO/c1-12(2)15-6-4-5-7-17(15)19-11-14-8-9-18(20-14)16-10-13(16)3/h8-9,12-13,15-17,19H,4-7,10-11H2,1-3H3. The molecule has 2 nitrogen and oxygen atoms in total. The van der Waals surface area contributed by atoms with Crippen LogP contribution in [0.4, 0.5) is 0 Å². The first-order valence-electron chi connectivity index (χ1n) is 8.47. The van der Waals surface area contributed by atoms with Crippen molar-refractivity contribution in [2.45, 2.75) is 71.4 Å². The third-order valence-corrected chi connectivity index (χ3v) is 5.37. The topological polar surface area (TPSA) is 25.2 Å². The third-order valence-electron chi connectivity index (χ3n) is 5.37. The van der Waals surface area contributed by atoms with Crippen molar-refractivity contribution < 1.29 is 4.42 Å². The van der Waals surface area contributed by atoms with Crippen molar-refractivity contribution in [2.24, 2.45) is 17.8 Å². The van der Waals surface area contributed by atoms with Crippen molar-refractivity contribution in [3.05, 3.63) is 23.7 Å². The van der Waals surface area contributed by atoms with Crippen LogP contribution in [0.25, 0.3) is 0 Å². The van der Waals surface area contributed by atoms with E-state index in [9.17, 15) is 0 Å². The summed E-state index contributed by atoms with van der Waals surface area (Å²) in [7, 11) is 0. The van der Waals surface area contributed by atoms with Crippen LogP contribution < -0.4 is 5.32 Å². The van der Waals surface area contributed by atoms with Gasteiger partial charge in [-0.1, -0.05) is 33.6 Å². The first-order valence-corrected chi connectivity index (χ1v) is 8.47. The van der Waals surface area contributed by atoms with E-state index in [0.717, 1.165) is 30.1 Å². The number of hydrogen-bond donors (Lipinski definition) is 1. The van der Waals surface area contributed by atoms with E-state index >= 15 is 0 Å². The lowest BCUT2D eigenvalue weighted by Crippen LogP contribution is -2.40. The van der Waals surface area contributed by atoms with Gasteiger partial charge in [-0.25, -0.2) is 0 Å². The molecule has 0 radical (unpaired) electrons. The van der Waals surface area contributed by atoms with Gasteiger partial charge in [0.1, 0.15) is 11.5 Å². The lowest BCUT2D eigenvalue weighted by Gasteiger charge is -2.34. The molecule has 0 amide bonds. The van der Waals surface area contributed by atoms with Gasteiger partial charge in [-0.2, -0.15) is 0 Å². The first kappa shape index (κ1) is 14.2. The number of furan rings is 1. The highest BCUT2D eigenvalue weighted by molar-refractivity contribution is 5.17. The SMILES string of the molecule is CC(C)C1CCCCC1NCc1ccc(C2CC2C)o1. The summed E-state index contributed by atoms with van der Waals surface area (Å²) in [5.41, 5.74) is 0. The largest absolute Gasteiger partial charge is 0.464 e. The molecule has 0 spiro atoms. The van der Waals surface area contributed by atoms with Gasteiger partial charge in [0.15, 0.2) is 0 Å². The number of rotatable bonds is 5. The molecule has 2 saturated carbocycles. The highest BCUT2D eigenvalue weighted by Gasteiger charge is 2.36. The van der Waals surface area contributed by atoms with E-state index in [1.165, 1.54) is 37.9 Å². The van der Waals surface area contributed by atoms with Crippen molar-refractivity contribution in [3.8, 4) is 0 Å². The molecule has 2 heteroatoms. The molecular weight excluding hydrogens is 246 g/mol. The lowest BCUT2D eigenvalue weighted by atomic mass is 9.78.